The highest BCUT2D eigenvalue weighted by Crippen LogP contribution is 2.56. The number of benzene rings is 4. The molecule has 0 spiro atoms. The van der Waals surface area contributed by atoms with E-state index in [2.05, 4.69) is 97.1 Å². The Bertz CT molecular complexity index is 1460. The summed E-state index contributed by atoms with van der Waals surface area (Å²) in [5.74, 6) is 2.81. The molecule has 0 bridgehead atoms. The highest BCUT2D eigenvalue weighted by Gasteiger charge is 2.47. The van der Waals surface area contributed by atoms with Gasteiger partial charge in [-0.05, 0) is 70.6 Å². The van der Waals surface area contributed by atoms with Crippen LogP contribution in [0.5, 0.6) is 17.2 Å². The Morgan fingerprint density at radius 1 is 0.571 bits per heavy atom. The van der Waals surface area contributed by atoms with Crippen molar-refractivity contribution in [2.75, 3.05) is 39.6 Å². The van der Waals surface area contributed by atoms with Gasteiger partial charge in [0.25, 0.3) is 0 Å². The third-order valence-corrected chi connectivity index (χ3v) is 8.78. The second-order valence-electron chi connectivity index (χ2n) is 11.7. The molecular formula is C36H34O6. The predicted octanol–water partition coefficient (Wildman–Crippen LogP) is 5.89. The van der Waals surface area contributed by atoms with Gasteiger partial charge < -0.3 is 28.4 Å². The molecule has 1 aliphatic carbocycles. The molecule has 3 aliphatic heterocycles. The Labute approximate surface area is 246 Å². The summed E-state index contributed by atoms with van der Waals surface area (Å²) in [4.78, 5) is 0. The topological polar surface area (TPSA) is 65.3 Å². The summed E-state index contributed by atoms with van der Waals surface area (Å²) in [6, 6.07) is 34.7. The van der Waals surface area contributed by atoms with Gasteiger partial charge in [-0.15, -0.1) is 0 Å². The molecule has 0 radical (unpaired) electrons. The zero-order valence-electron chi connectivity index (χ0n) is 23.4. The maximum atomic E-state index is 6.17. The molecule has 42 heavy (non-hydrogen) atoms. The summed E-state index contributed by atoms with van der Waals surface area (Å²) in [5, 5.41) is 0. The van der Waals surface area contributed by atoms with Gasteiger partial charge in [0.1, 0.15) is 55.4 Å². The first-order valence-corrected chi connectivity index (χ1v) is 14.9. The van der Waals surface area contributed by atoms with Crippen molar-refractivity contribution in [3.8, 4) is 17.2 Å². The first kappa shape index (κ1) is 25.8. The molecule has 3 heterocycles. The first-order valence-electron chi connectivity index (χ1n) is 14.9. The van der Waals surface area contributed by atoms with Crippen LogP contribution in [0.2, 0.25) is 0 Å². The molecule has 8 rings (SSSR count). The standard InChI is InChI=1S/C36H34O6/c1-2-4-24(5-3-1)34-17-36(25-6-10-27(11-7-25)37-18-30-21-40-30,26-8-12-28(13-9-26)38-19-31-22-41-31)35-15-14-29(16-33(34)35)39-20-32-23-42-32/h1-16,30-32,34H,17-23H2. The summed E-state index contributed by atoms with van der Waals surface area (Å²) in [5.41, 5.74) is 6.00. The largest absolute Gasteiger partial charge is 0.491 e. The second kappa shape index (κ2) is 10.8. The number of ether oxygens (including phenoxy) is 6. The van der Waals surface area contributed by atoms with Crippen LogP contribution >= 0.6 is 0 Å². The minimum atomic E-state index is -0.371. The Morgan fingerprint density at radius 2 is 1.05 bits per heavy atom. The van der Waals surface area contributed by atoms with Gasteiger partial charge in [-0.2, -0.15) is 0 Å². The Hall–Kier alpha value is -3.84. The van der Waals surface area contributed by atoms with Gasteiger partial charge in [0.15, 0.2) is 0 Å². The summed E-state index contributed by atoms with van der Waals surface area (Å²) in [6.07, 6.45) is 1.55. The van der Waals surface area contributed by atoms with Crippen LogP contribution in [0.4, 0.5) is 0 Å². The van der Waals surface area contributed by atoms with Crippen LogP contribution in [0, 0.1) is 0 Å². The van der Waals surface area contributed by atoms with E-state index in [1.54, 1.807) is 0 Å². The Morgan fingerprint density at radius 3 is 1.55 bits per heavy atom. The van der Waals surface area contributed by atoms with Crippen molar-refractivity contribution in [3.05, 3.63) is 125 Å². The van der Waals surface area contributed by atoms with Gasteiger partial charge >= 0.3 is 0 Å². The molecular weight excluding hydrogens is 528 g/mol. The highest BCUT2D eigenvalue weighted by atomic mass is 16.6. The molecule has 214 valence electrons. The van der Waals surface area contributed by atoms with E-state index in [1.807, 2.05) is 0 Å². The van der Waals surface area contributed by atoms with E-state index in [-0.39, 0.29) is 29.6 Å². The van der Waals surface area contributed by atoms with E-state index in [0.717, 1.165) is 43.5 Å². The van der Waals surface area contributed by atoms with E-state index in [9.17, 15) is 0 Å². The van der Waals surface area contributed by atoms with Crippen molar-refractivity contribution in [3.63, 3.8) is 0 Å². The van der Waals surface area contributed by atoms with Gasteiger partial charge in [0.2, 0.25) is 0 Å². The lowest BCUT2D eigenvalue weighted by molar-refractivity contribution is 0.263. The quantitative estimate of drug-likeness (QED) is 0.201. The minimum absolute atomic E-state index is 0.202. The minimum Gasteiger partial charge on any atom is -0.491 e. The number of epoxide rings is 3. The first-order chi connectivity index (χ1) is 20.7. The van der Waals surface area contributed by atoms with Gasteiger partial charge in [0, 0.05) is 11.3 Å². The molecule has 6 heteroatoms. The number of rotatable bonds is 12. The number of hydrogen-bond acceptors (Lipinski definition) is 6. The van der Waals surface area contributed by atoms with Gasteiger partial charge in [0.05, 0.1) is 19.8 Å². The van der Waals surface area contributed by atoms with Crippen molar-refractivity contribution in [1.29, 1.82) is 0 Å². The Balaban J connectivity index is 1.21. The third kappa shape index (κ3) is 5.26. The highest BCUT2D eigenvalue weighted by molar-refractivity contribution is 5.62. The molecule has 6 nitrogen and oxygen atoms in total. The van der Waals surface area contributed by atoms with E-state index < -0.39 is 0 Å². The molecule has 0 aromatic heterocycles. The number of hydrogen-bond donors (Lipinski definition) is 0. The van der Waals surface area contributed by atoms with E-state index in [4.69, 9.17) is 28.4 Å². The average Bonchev–Trinajstić information content (AvgIpc) is 3.91. The van der Waals surface area contributed by atoms with E-state index in [1.165, 1.54) is 27.8 Å². The fourth-order valence-electron chi connectivity index (χ4n) is 6.26. The third-order valence-electron chi connectivity index (χ3n) is 8.78. The van der Waals surface area contributed by atoms with Crippen molar-refractivity contribution in [1.82, 2.24) is 0 Å². The molecule has 3 saturated heterocycles. The fraction of sp³-hybridized carbons (Fsp3) is 0.333. The van der Waals surface area contributed by atoms with Crippen LogP contribution in [0.3, 0.4) is 0 Å². The van der Waals surface area contributed by atoms with Crippen molar-refractivity contribution in [2.24, 2.45) is 0 Å². The lowest BCUT2D eigenvalue weighted by atomic mass is 9.69. The van der Waals surface area contributed by atoms with E-state index >= 15 is 0 Å². The summed E-state index contributed by atoms with van der Waals surface area (Å²) in [6.45, 7) is 4.11. The molecule has 3 fully saturated rings. The lowest BCUT2D eigenvalue weighted by Gasteiger charge is -2.33. The maximum Gasteiger partial charge on any atom is 0.119 e. The fourth-order valence-corrected chi connectivity index (χ4v) is 6.26. The Kier molecular flexibility index (Phi) is 6.63. The van der Waals surface area contributed by atoms with E-state index in [0.29, 0.717) is 19.8 Å². The van der Waals surface area contributed by atoms with Crippen LogP contribution in [0.1, 0.15) is 40.2 Å². The van der Waals surface area contributed by atoms with Crippen molar-refractivity contribution < 1.29 is 28.4 Å². The SMILES string of the molecule is c1ccc(C2CC(c3ccc(OCC4CO4)cc3)(c3ccc(OCC4CO4)cc3)c3ccc(OCC4CO4)cc32)cc1. The lowest BCUT2D eigenvalue weighted by Crippen LogP contribution is -2.27. The molecule has 4 aromatic carbocycles. The maximum absolute atomic E-state index is 6.17. The second-order valence-corrected chi connectivity index (χ2v) is 11.7. The zero-order valence-corrected chi connectivity index (χ0v) is 23.4. The molecule has 0 saturated carbocycles. The normalized spacial score (nSPS) is 26.8. The zero-order chi connectivity index (χ0) is 27.9. The predicted molar refractivity (Wildman–Crippen MR) is 158 cm³/mol. The monoisotopic (exact) mass is 562 g/mol. The van der Waals surface area contributed by atoms with Crippen molar-refractivity contribution in [2.45, 2.75) is 36.1 Å². The van der Waals surface area contributed by atoms with Crippen molar-refractivity contribution >= 4 is 0 Å². The smallest absolute Gasteiger partial charge is 0.119 e. The summed E-state index contributed by atoms with van der Waals surface area (Å²) < 4.78 is 34.2. The molecule has 4 atom stereocenters. The van der Waals surface area contributed by atoms with Gasteiger partial charge in [-0.1, -0.05) is 60.7 Å². The summed E-state index contributed by atoms with van der Waals surface area (Å²) >= 11 is 0. The van der Waals surface area contributed by atoms with Crippen LogP contribution < -0.4 is 14.2 Å². The number of fused-ring (bicyclic) bond motifs is 1. The van der Waals surface area contributed by atoms with Crippen LogP contribution in [0.15, 0.2) is 97.1 Å². The molecule has 4 aromatic rings. The van der Waals surface area contributed by atoms with Crippen LogP contribution in [-0.2, 0) is 19.6 Å². The van der Waals surface area contributed by atoms with Crippen LogP contribution in [0.25, 0.3) is 0 Å². The van der Waals surface area contributed by atoms with Gasteiger partial charge in [-0.3, -0.25) is 0 Å². The van der Waals surface area contributed by atoms with Gasteiger partial charge in [-0.25, -0.2) is 0 Å². The van der Waals surface area contributed by atoms with Crippen LogP contribution in [-0.4, -0.2) is 58.0 Å². The molecule has 4 unspecified atom stereocenters. The molecule has 0 amide bonds. The molecule has 0 N–H and O–H groups in total. The molecule has 4 aliphatic rings. The summed E-state index contributed by atoms with van der Waals surface area (Å²) in [7, 11) is 0. The average molecular weight is 563 g/mol.